The second kappa shape index (κ2) is 5.80. The van der Waals surface area contributed by atoms with Crippen LogP contribution in [0.3, 0.4) is 0 Å². The van der Waals surface area contributed by atoms with Gasteiger partial charge in [0.2, 0.25) is 5.91 Å². The van der Waals surface area contributed by atoms with E-state index in [2.05, 4.69) is 37.2 Å². The zero-order valence-corrected chi connectivity index (χ0v) is 12.3. The number of carbonyl (C=O) groups is 1. The molecule has 88 valence electrons. The number of anilines is 1. The fourth-order valence-corrected chi connectivity index (χ4v) is 2.26. The van der Waals surface area contributed by atoms with Gasteiger partial charge in [-0.3, -0.25) is 4.79 Å². The van der Waals surface area contributed by atoms with Gasteiger partial charge in [0.25, 0.3) is 0 Å². The number of amides is 1. The van der Waals surface area contributed by atoms with Gasteiger partial charge in [-0.1, -0.05) is 29.8 Å². The van der Waals surface area contributed by atoms with Crippen LogP contribution in [-0.2, 0) is 4.79 Å². The molecular weight excluding hydrogens is 336 g/mol. The van der Waals surface area contributed by atoms with E-state index in [0.717, 1.165) is 14.6 Å². The summed E-state index contributed by atoms with van der Waals surface area (Å²) in [5.74, 6) is -0.0488. The normalized spacial score (nSPS) is 12.6. The topological polar surface area (TPSA) is 55.1 Å². The van der Waals surface area contributed by atoms with Gasteiger partial charge in [-0.15, -0.1) is 0 Å². The summed E-state index contributed by atoms with van der Waals surface area (Å²) in [6.07, 6.45) is 0. The summed E-state index contributed by atoms with van der Waals surface area (Å²) in [5, 5.41) is 2.79. The molecule has 1 rings (SSSR count). The number of nitrogens with two attached hydrogens (primary N) is 1. The summed E-state index contributed by atoms with van der Waals surface area (Å²) in [4.78, 5) is 11.7. The Morgan fingerprint density at radius 3 is 2.50 bits per heavy atom. The SMILES string of the molecule is CC(C)[C@@H](N)C(=O)Nc1ccc(Br)cc1Br. The molecule has 0 saturated carbocycles. The minimum Gasteiger partial charge on any atom is -0.324 e. The number of hydrogen-bond donors (Lipinski definition) is 2. The van der Waals surface area contributed by atoms with Gasteiger partial charge in [0, 0.05) is 8.95 Å². The largest absolute Gasteiger partial charge is 0.324 e. The van der Waals surface area contributed by atoms with E-state index in [4.69, 9.17) is 5.73 Å². The summed E-state index contributed by atoms with van der Waals surface area (Å²) < 4.78 is 1.77. The maximum absolute atomic E-state index is 11.7. The van der Waals surface area contributed by atoms with Crippen molar-refractivity contribution in [2.24, 2.45) is 11.7 Å². The van der Waals surface area contributed by atoms with E-state index in [0.29, 0.717) is 0 Å². The van der Waals surface area contributed by atoms with Crippen LogP contribution in [0.2, 0.25) is 0 Å². The summed E-state index contributed by atoms with van der Waals surface area (Å²) in [6, 6.07) is 5.06. The Kier molecular flexibility index (Phi) is 4.95. The van der Waals surface area contributed by atoms with Crippen molar-refractivity contribution < 1.29 is 4.79 Å². The number of carbonyl (C=O) groups excluding carboxylic acids is 1. The second-order valence-corrected chi connectivity index (χ2v) is 5.65. The van der Waals surface area contributed by atoms with Gasteiger partial charge in [0.05, 0.1) is 11.7 Å². The third kappa shape index (κ3) is 3.57. The molecule has 0 aliphatic carbocycles. The molecule has 0 heterocycles. The van der Waals surface area contributed by atoms with Crippen LogP contribution in [0.1, 0.15) is 13.8 Å². The highest BCUT2D eigenvalue weighted by Crippen LogP contribution is 2.26. The zero-order chi connectivity index (χ0) is 12.3. The van der Waals surface area contributed by atoms with E-state index in [9.17, 15) is 4.79 Å². The molecule has 0 bridgehead atoms. The van der Waals surface area contributed by atoms with E-state index in [1.54, 1.807) is 0 Å². The molecule has 0 aromatic heterocycles. The first-order valence-corrected chi connectivity index (χ1v) is 6.52. The summed E-state index contributed by atoms with van der Waals surface area (Å²) in [7, 11) is 0. The standard InChI is InChI=1S/C11H14Br2N2O/c1-6(2)10(14)11(16)15-9-4-3-7(12)5-8(9)13/h3-6,10H,14H2,1-2H3,(H,15,16)/t10-/m1/s1. The second-order valence-electron chi connectivity index (χ2n) is 3.88. The molecule has 3 nitrogen and oxygen atoms in total. The molecule has 3 N–H and O–H groups in total. The number of nitrogens with one attached hydrogen (secondary N) is 1. The molecule has 0 radical (unpaired) electrons. The minimum absolute atomic E-state index is 0.120. The van der Waals surface area contributed by atoms with Gasteiger partial charge in [-0.05, 0) is 40.0 Å². The van der Waals surface area contributed by atoms with Crippen LogP contribution in [0.5, 0.6) is 0 Å². The molecule has 0 spiro atoms. The van der Waals surface area contributed by atoms with Crippen molar-refractivity contribution in [3.63, 3.8) is 0 Å². The quantitative estimate of drug-likeness (QED) is 0.880. The smallest absolute Gasteiger partial charge is 0.241 e. The van der Waals surface area contributed by atoms with E-state index in [1.807, 2.05) is 32.0 Å². The van der Waals surface area contributed by atoms with Crippen LogP contribution in [0.15, 0.2) is 27.1 Å². The molecule has 0 aliphatic heterocycles. The average molecular weight is 350 g/mol. The van der Waals surface area contributed by atoms with Crippen molar-refractivity contribution in [2.75, 3.05) is 5.32 Å². The van der Waals surface area contributed by atoms with Crippen molar-refractivity contribution >= 4 is 43.5 Å². The molecule has 5 heteroatoms. The molecule has 1 atom stereocenters. The van der Waals surface area contributed by atoms with Crippen molar-refractivity contribution in [1.82, 2.24) is 0 Å². The average Bonchev–Trinajstić information content (AvgIpc) is 2.20. The first-order chi connectivity index (χ1) is 7.41. The van der Waals surface area contributed by atoms with Gasteiger partial charge in [0.1, 0.15) is 0 Å². The molecule has 0 aliphatic rings. The maximum Gasteiger partial charge on any atom is 0.241 e. The Bertz CT molecular complexity index is 394. The number of hydrogen-bond acceptors (Lipinski definition) is 2. The maximum atomic E-state index is 11.7. The lowest BCUT2D eigenvalue weighted by Crippen LogP contribution is -2.39. The van der Waals surface area contributed by atoms with Crippen molar-refractivity contribution in [1.29, 1.82) is 0 Å². The highest BCUT2D eigenvalue weighted by molar-refractivity contribution is 9.11. The van der Waals surface area contributed by atoms with Crippen molar-refractivity contribution in [2.45, 2.75) is 19.9 Å². The first-order valence-electron chi connectivity index (χ1n) is 4.93. The molecular formula is C11H14Br2N2O. The van der Waals surface area contributed by atoms with Gasteiger partial charge >= 0.3 is 0 Å². The van der Waals surface area contributed by atoms with E-state index in [-0.39, 0.29) is 11.8 Å². The van der Waals surface area contributed by atoms with Crippen LogP contribution in [0, 0.1) is 5.92 Å². The van der Waals surface area contributed by atoms with E-state index in [1.165, 1.54) is 0 Å². The van der Waals surface area contributed by atoms with E-state index < -0.39 is 6.04 Å². The summed E-state index contributed by atoms with van der Waals surface area (Å²) in [6.45, 7) is 3.84. The van der Waals surface area contributed by atoms with Crippen LogP contribution in [-0.4, -0.2) is 11.9 Å². The Labute approximate surface area is 112 Å². The lowest BCUT2D eigenvalue weighted by molar-refractivity contribution is -0.118. The third-order valence-corrected chi connectivity index (χ3v) is 3.36. The lowest BCUT2D eigenvalue weighted by atomic mass is 10.1. The van der Waals surface area contributed by atoms with Crippen molar-refractivity contribution in [3.8, 4) is 0 Å². The van der Waals surface area contributed by atoms with Crippen molar-refractivity contribution in [3.05, 3.63) is 27.1 Å². The number of halogens is 2. The van der Waals surface area contributed by atoms with Crippen LogP contribution < -0.4 is 11.1 Å². The first kappa shape index (κ1) is 13.7. The van der Waals surface area contributed by atoms with Crippen LogP contribution in [0.25, 0.3) is 0 Å². The van der Waals surface area contributed by atoms with E-state index >= 15 is 0 Å². The fourth-order valence-electron chi connectivity index (χ4n) is 1.11. The Morgan fingerprint density at radius 1 is 1.38 bits per heavy atom. The zero-order valence-electron chi connectivity index (χ0n) is 9.13. The monoisotopic (exact) mass is 348 g/mol. The predicted molar refractivity (Wildman–Crippen MR) is 73.3 cm³/mol. The molecule has 1 amide bonds. The predicted octanol–water partition coefficient (Wildman–Crippen LogP) is 3.13. The minimum atomic E-state index is -0.490. The molecule has 1 aromatic carbocycles. The Morgan fingerprint density at radius 2 is 2.00 bits per heavy atom. The third-order valence-electron chi connectivity index (χ3n) is 2.21. The van der Waals surface area contributed by atoms with Gasteiger partial charge in [-0.2, -0.15) is 0 Å². The number of rotatable bonds is 3. The van der Waals surface area contributed by atoms with Gasteiger partial charge in [-0.25, -0.2) is 0 Å². The highest BCUT2D eigenvalue weighted by Gasteiger charge is 2.17. The molecule has 0 saturated heterocycles. The highest BCUT2D eigenvalue weighted by atomic mass is 79.9. The van der Waals surface area contributed by atoms with Crippen LogP contribution >= 0.6 is 31.9 Å². The molecule has 0 unspecified atom stereocenters. The molecule has 16 heavy (non-hydrogen) atoms. The number of benzene rings is 1. The fraction of sp³-hybridized carbons (Fsp3) is 0.364. The summed E-state index contributed by atoms with van der Waals surface area (Å²) >= 11 is 6.72. The Hall–Kier alpha value is -0.390. The van der Waals surface area contributed by atoms with Crippen LogP contribution in [0.4, 0.5) is 5.69 Å². The molecule has 1 aromatic rings. The van der Waals surface area contributed by atoms with Gasteiger partial charge < -0.3 is 11.1 Å². The molecule has 0 fully saturated rings. The Balaban J connectivity index is 2.77. The van der Waals surface area contributed by atoms with Gasteiger partial charge in [0.15, 0.2) is 0 Å². The lowest BCUT2D eigenvalue weighted by Gasteiger charge is -2.16. The summed E-state index contributed by atoms with van der Waals surface area (Å²) in [5.41, 5.74) is 6.48.